The van der Waals surface area contributed by atoms with E-state index in [1.807, 2.05) is 43.3 Å². The van der Waals surface area contributed by atoms with E-state index in [1.165, 1.54) is 16.5 Å². The van der Waals surface area contributed by atoms with Crippen molar-refractivity contribution in [2.24, 2.45) is 0 Å². The fraction of sp³-hybridized carbons (Fsp3) is 0.192. The lowest BCUT2D eigenvalue weighted by Crippen LogP contribution is -2.92. The van der Waals surface area contributed by atoms with Crippen LogP contribution in [0.15, 0.2) is 85.1 Å². The maximum absolute atomic E-state index is 12.8. The van der Waals surface area contributed by atoms with Gasteiger partial charge in [0.05, 0.1) is 25.3 Å². The first-order chi connectivity index (χ1) is 15.2. The van der Waals surface area contributed by atoms with E-state index >= 15 is 0 Å². The second-order valence-electron chi connectivity index (χ2n) is 7.70. The van der Waals surface area contributed by atoms with Gasteiger partial charge in [-0.3, -0.25) is 4.79 Å². The second kappa shape index (κ2) is 9.49. The van der Waals surface area contributed by atoms with Crippen molar-refractivity contribution in [3.8, 4) is 5.75 Å². The van der Waals surface area contributed by atoms with Gasteiger partial charge in [0.1, 0.15) is 5.75 Å². The molecule has 1 aromatic heterocycles. The highest BCUT2D eigenvalue weighted by molar-refractivity contribution is 5.94. The van der Waals surface area contributed by atoms with Crippen LogP contribution in [0.3, 0.4) is 0 Å². The number of aromatic amines is 1. The monoisotopic (exact) mass is 414 g/mol. The van der Waals surface area contributed by atoms with Gasteiger partial charge in [-0.05, 0) is 36.2 Å². The minimum absolute atomic E-state index is 0.0461. The third-order valence-corrected chi connectivity index (χ3v) is 5.70. The van der Waals surface area contributed by atoms with Crippen LogP contribution >= 0.6 is 0 Å². The summed E-state index contributed by atoms with van der Waals surface area (Å²) < 4.78 is 5.34. The molecular formula is C26H28N3O2+. The number of aromatic nitrogens is 1. The van der Waals surface area contributed by atoms with E-state index in [0.29, 0.717) is 11.4 Å². The number of nitrogens with one attached hydrogen (secondary N) is 2. The zero-order chi connectivity index (χ0) is 21.6. The Kier molecular flexibility index (Phi) is 6.34. The number of hydrogen-bond acceptors (Lipinski definition) is 2. The van der Waals surface area contributed by atoms with Crippen molar-refractivity contribution in [2.75, 3.05) is 19.0 Å². The van der Waals surface area contributed by atoms with Crippen LogP contribution < -0.4 is 15.4 Å². The number of carbonyl (C=O) groups excluding carboxylic acids is 1. The van der Waals surface area contributed by atoms with Gasteiger partial charge in [0.25, 0.3) is 5.91 Å². The molecule has 4 N–H and O–H groups in total. The Hall–Kier alpha value is -3.57. The molecule has 0 aliphatic heterocycles. The third-order valence-electron chi connectivity index (χ3n) is 5.70. The predicted molar refractivity (Wildman–Crippen MR) is 124 cm³/mol. The molecular weight excluding hydrogens is 386 g/mol. The van der Waals surface area contributed by atoms with Gasteiger partial charge in [0.2, 0.25) is 0 Å². The van der Waals surface area contributed by atoms with Gasteiger partial charge in [-0.2, -0.15) is 0 Å². The highest BCUT2D eigenvalue weighted by Crippen LogP contribution is 2.30. The molecule has 0 radical (unpaired) electrons. The SMILES string of the molecule is COc1ccccc1NC(=O)[C@@H](C)[NH2+]C[C@H](c1ccccc1)c1c[nH]c2ccccc12. The molecule has 1 amide bonds. The lowest BCUT2D eigenvalue weighted by Gasteiger charge is -2.19. The third kappa shape index (κ3) is 4.62. The highest BCUT2D eigenvalue weighted by Gasteiger charge is 2.24. The zero-order valence-electron chi connectivity index (χ0n) is 17.8. The van der Waals surface area contributed by atoms with Gasteiger partial charge in [0, 0.05) is 17.1 Å². The Morgan fingerprint density at radius 3 is 2.52 bits per heavy atom. The fourth-order valence-corrected chi connectivity index (χ4v) is 3.95. The van der Waals surface area contributed by atoms with Gasteiger partial charge in [-0.1, -0.05) is 60.7 Å². The van der Waals surface area contributed by atoms with E-state index < -0.39 is 0 Å². The molecule has 5 heteroatoms. The summed E-state index contributed by atoms with van der Waals surface area (Å²) in [5, 5.41) is 6.31. The van der Waals surface area contributed by atoms with E-state index in [-0.39, 0.29) is 17.9 Å². The first-order valence-electron chi connectivity index (χ1n) is 10.6. The van der Waals surface area contributed by atoms with Gasteiger partial charge < -0.3 is 20.4 Å². The number of carbonyl (C=O) groups is 1. The summed E-state index contributed by atoms with van der Waals surface area (Å²) in [6.07, 6.45) is 2.09. The molecule has 0 saturated carbocycles. The molecule has 4 rings (SSSR count). The number of quaternary nitrogens is 1. The summed E-state index contributed by atoms with van der Waals surface area (Å²) in [6, 6.07) is 26.0. The number of rotatable bonds is 8. The Labute approximate surface area is 182 Å². The number of amides is 1. The summed E-state index contributed by atoms with van der Waals surface area (Å²) in [7, 11) is 1.60. The molecule has 0 saturated heterocycles. The van der Waals surface area contributed by atoms with Crippen molar-refractivity contribution >= 4 is 22.5 Å². The Morgan fingerprint density at radius 1 is 1.00 bits per heavy atom. The Balaban J connectivity index is 1.52. The predicted octanol–water partition coefficient (Wildman–Crippen LogP) is 3.90. The number of nitrogens with two attached hydrogens (primary N) is 1. The lowest BCUT2D eigenvalue weighted by atomic mass is 9.90. The first-order valence-corrected chi connectivity index (χ1v) is 10.6. The quantitative estimate of drug-likeness (QED) is 0.409. The summed E-state index contributed by atoms with van der Waals surface area (Å²) in [5.74, 6) is 0.776. The fourth-order valence-electron chi connectivity index (χ4n) is 3.95. The summed E-state index contributed by atoms with van der Waals surface area (Å²) in [6.45, 7) is 2.69. The number of hydrogen-bond donors (Lipinski definition) is 3. The molecule has 0 aliphatic carbocycles. The summed E-state index contributed by atoms with van der Waals surface area (Å²) in [4.78, 5) is 16.2. The number of anilines is 1. The van der Waals surface area contributed by atoms with Crippen LogP contribution in [0.4, 0.5) is 5.69 Å². The minimum Gasteiger partial charge on any atom is -0.495 e. The first kappa shape index (κ1) is 20.7. The summed E-state index contributed by atoms with van der Waals surface area (Å²) in [5.41, 5.74) is 4.29. The number of para-hydroxylation sites is 3. The molecule has 0 bridgehead atoms. The van der Waals surface area contributed by atoms with E-state index in [9.17, 15) is 4.79 Å². The molecule has 2 atom stereocenters. The second-order valence-corrected chi connectivity index (χ2v) is 7.70. The lowest BCUT2D eigenvalue weighted by molar-refractivity contribution is -0.674. The van der Waals surface area contributed by atoms with E-state index in [1.54, 1.807) is 7.11 Å². The van der Waals surface area contributed by atoms with Crippen LogP contribution in [0.25, 0.3) is 10.9 Å². The van der Waals surface area contributed by atoms with Gasteiger partial charge in [0.15, 0.2) is 6.04 Å². The van der Waals surface area contributed by atoms with Crippen LogP contribution in [0, 0.1) is 0 Å². The smallest absolute Gasteiger partial charge is 0.282 e. The van der Waals surface area contributed by atoms with Crippen molar-refractivity contribution in [2.45, 2.75) is 18.9 Å². The Morgan fingerprint density at radius 2 is 1.71 bits per heavy atom. The largest absolute Gasteiger partial charge is 0.495 e. The van der Waals surface area contributed by atoms with Crippen molar-refractivity contribution < 1.29 is 14.8 Å². The Bertz CT molecular complexity index is 1150. The van der Waals surface area contributed by atoms with Crippen LogP contribution in [0.2, 0.25) is 0 Å². The van der Waals surface area contributed by atoms with Gasteiger partial charge in [-0.25, -0.2) is 0 Å². The molecule has 0 unspecified atom stereocenters. The summed E-state index contributed by atoms with van der Waals surface area (Å²) >= 11 is 0. The van der Waals surface area contributed by atoms with Crippen LogP contribution in [-0.2, 0) is 4.79 Å². The standard InChI is InChI=1S/C26H27N3O2/c1-18(26(30)29-24-14-8-9-15-25(24)31-2)27-16-21(19-10-4-3-5-11-19)22-17-28-23-13-7-6-12-20(22)23/h3-15,17-18,21,27-28H,16H2,1-2H3,(H,29,30)/p+1/t18-,21-/m1/s1. The number of benzene rings is 3. The molecule has 158 valence electrons. The molecule has 5 nitrogen and oxygen atoms in total. The highest BCUT2D eigenvalue weighted by atomic mass is 16.5. The number of H-pyrrole nitrogens is 1. The molecule has 1 heterocycles. The van der Waals surface area contributed by atoms with Crippen LogP contribution in [0.5, 0.6) is 5.75 Å². The van der Waals surface area contributed by atoms with Crippen molar-refractivity contribution in [1.29, 1.82) is 0 Å². The minimum atomic E-state index is -0.249. The molecule has 3 aromatic carbocycles. The maximum atomic E-state index is 12.8. The van der Waals surface area contributed by atoms with Crippen LogP contribution in [0.1, 0.15) is 24.0 Å². The zero-order valence-corrected chi connectivity index (χ0v) is 17.8. The average molecular weight is 415 g/mol. The molecule has 0 spiro atoms. The molecule has 4 aromatic rings. The van der Waals surface area contributed by atoms with E-state index in [0.717, 1.165) is 12.1 Å². The van der Waals surface area contributed by atoms with Crippen LogP contribution in [-0.4, -0.2) is 30.6 Å². The number of ether oxygens (including phenoxy) is 1. The number of fused-ring (bicyclic) bond motifs is 1. The van der Waals surface area contributed by atoms with E-state index in [4.69, 9.17) is 4.74 Å². The average Bonchev–Trinajstić information content (AvgIpc) is 3.24. The van der Waals surface area contributed by atoms with Gasteiger partial charge >= 0.3 is 0 Å². The van der Waals surface area contributed by atoms with Crippen molar-refractivity contribution in [3.05, 3.63) is 96.2 Å². The topological polar surface area (TPSA) is 70.7 Å². The normalized spacial score (nSPS) is 13.0. The van der Waals surface area contributed by atoms with E-state index in [2.05, 4.69) is 64.3 Å². The molecule has 0 aliphatic rings. The van der Waals surface area contributed by atoms with Gasteiger partial charge in [-0.15, -0.1) is 0 Å². The molecule has 0 fully saturated rings. The maximum Gasteiger partial charge on any atom is 0.282 e. The van der Waals surface area contributed by atoms with Crippen molar-refractivity contribution in [3.63, 3.8) is 0 Å². The molecule has 31 heavy (non-hydrogen) atoms. The number of methoxy groups -OCH3 is 1. The van der Waals surface area contributed by atoms with Crippen molar-refractivity contribution in [1.82, 2.24) is 4.98 Å².